The minimum Gasteiger partial charge on any atom is -0.240 e. The molecule has 0 saturated heterocycles. The first-order chi connectivity index (χ1) is 24.7. The lowest BCUT2D eigenvalue weighted by molar-refractivity contribution is 1.11. The Morgan fingerprint density at radius 1 is 0.420 bits per heavy atom. The lowest BCUT2D eigenvalue weighted by Gasteiger charge is -2.13. The van der Waals surface area contributed by atoms with Gasteiger partial charge in [0.25, 0.3) is 0 Å². The van der Waals surface area contributed by atoms with Crippen molar-refractivity contribution in [1.29, 1.82) is 10.5 Å². The monoisotopic (exact) mass is 678 g/mol. The van der Waals surface area contributed by atoms with Crippen LogP contribution in [0.15, 0.2) is 168 Å². The lowest BCUT2D eigenvalue weighted by Crippen LogP contribution is -1.97. The van der Waals surface area contributed by atoms with E-state index in [1.54, 1.807) is 23.5 Å². The van der Waals surface area contributed by atoms with Gasteiger partial charge in [-0.15, -0.1) is 23.5 Å². The van der Waals surface area contributed by atoms with Crippen LogP contribution in [0.2, 0.25) is 0 Å². The summed E-state index contributed by atoms with van der Waals surface area (Å²) < 4.78 is 0. The molecule has 0 spiro atoms. The molecule has 2 heterocycles. The van der Waals surface area contributed by atoms with Crippen LogP contribution < -0.4 is 0 Å². The van der Waals surface area contributed by atoms with Gasteiger partial charge in [-0.2, -0.15) is 10.5 Å². The molecule has 0 aliphatic rings. The van der Waals surface area contributed by atoms with E-state index >= 15 is 0 Å². The summed E-state index contributed by atoms with van der Waals surface area (Å²) in [5, 5.41) is 22.0. The maximum Gasteiger partial charge on any atom is 0.115 e. The molecule has 0 fully saturated rings. The number of hydrogen-bond donors (Lipinski definition) is 0. The van der Waals surface area contributed by atoms with Crippen molar-refractivity contribution >= 4 is 23.5 Å². The van der Waals surface area contributed by atoms with E-state index in [-0.39, 0.29) is 0 Å². The Morgan fingerprint density at radius 3 is 1.06 bits per heavy atom. The van der Waals surface area contributed by atoms with Gasteiger partial charge in [-0.25, -0.2) is 9.97 Å². The number of thioether (sulfide) groups is 2. The van der Waals surface area contributed by atoms with Gasteiger partial charge in [0.05, 0.1) is 22.5 Å². The van der Waals surface area contributed by atoms with Gasteiger partial charge < -0.3 is 0 Å². The van der Waals surface area contributed by atoms with Crippen molar-refractivity contribution in [2.24, 2.45) is 0 Å². The minimum absolute atomic E-state index is 0.585. The zero-order chi connectivity index (χ0) is 34.1. The fraction of sp³-hybridized carbons (Fsp3) is 0.0455. The number of hydrogen-bond acceptors (Lipinski definition) is 6. The van der Waals surface area contributed by atoms with E-state index in [4.69, 9.17) is 9.97 Å². The number of rotatable bonds is 10. The highest BCUT2D eigenvalue weighted by Gasteiger charge is 2.18. The third kappa shape index (κ3) is 7.38. The average Bonchev–Trinajstić information content (AvgIpc) is 3.20. The van der Waals surface area contributed by atoms with Crippen LogP contribution in [-0.2, 0) is 11.5 Å². The molecule has 7 aromatic rings. The maximum atomic E-state index is 10.3. The predicted octanol–water partition coefficient (Wildman–Crippen LogP) is 11.5. The van der Waals surface area contributed by atoms with Crippen LogP contribution in [0.25, 0.3) is 44.8 Å². The van der Waals surface area contributed by atoms with Gasteiger partial charge in [-0.1, -0.05) is 146 Å². The van der Waals surface area contributed by atoms with Crippen LogP contribution in [0.1, 0.15) is 22.3 Å². The summed E-state index contributed by atoms with van der Waals surface area (Å²) in [5.41, 5.74) is 10.9. The third-order valence-corrected chi connectivity index (χ3v) is 10.4. The molecule has 4 nitrogen and oxygen atoms in total. The predicted molar refractivity (Wildman–Crippen MR) is 205 cm³/mol. The van der Waals surface area contributed by atoms with Crippen LogP contribution >= 0.6 is 23.5 Å². The number of nitriles is 2. The highest BCUT2D eigenvalue weighted by Crippen LogP contribution is 2.37. The quantitative estimate of drug-likeness (QED) is 0.134. The van der Waals surface area contributed by atoms with Crippen LogP contribution in [0.5, 0.6) is 0 Å². The molecule has 0 radical (unpaired) electrons. The lowest BCUT2D eigenvalue weighted by atomic mass is 9.99. The van der Waals surface area contributed by atoms with Gasteiger partial charge in [0.1, 0.15) is 22.2 Å². The molecule has 0 aliphatic heterocycles. The molecule has 0 N–H and O–H groups in total. The molecule has 6 heteroatoms. The van der Waals surface area contributed by atoms with E-state index in [9.17, 15) is 10.5 Å². The van der Waals surface area contributed by atoms with E-state index in [1.165, 1.54) is 0 Å². The Hall–Kier alpha value is -5.92. The molecule has 2 aromatic heterocycles. The van der Waals surface area contributed by atoms with Crippen molar-refractivity contribution in [3.8, 4) is 56.9 Å². The Bertz CT molecular complexity index is 2150. The molecule has 238 valence electrons. The fourth-order valence-electron chi connectivity index (χ4n) is 5.71. The maximum absolute atomic E-state index is 10.3. The standard InChI is InChI=1S/C44H30N4S2/c45-27-39-37(33-13-5-1-6-14-33)25-41(35-17-9-3-10-18-35)47-43(39)49-29-31-21-23-32(24-22-31)30-50-44-40(28-46)38(34-15-7-2-8-16-34)26-42(48-44)36-19-11-4-12-20-36/h1-26H,29-30H2. The Labute approximate surface area is 301 Å². The van der Waals surface area contributed by atoms with Crippen molar-refractivity contribution in [1.82, 2.24) is 9.97 Å². The second kappa shape index (κ2) is 15.5. The first-order valence-electron chi connectivity index (χ1n) is 16.2. The number of aromatic nitrogens is 2. The second-order valence-electron chi connectivity index (χ2n) is 11.6. The van der Waals surface area contributed by atoms with Gasteiger partial charge in [0.15, 0.2) is 0 Å². The molecule has 5 aromatic carbocycles. The third-order valence-electron chi connectivity index (χ3n) is 8.28. The first kappa shape index (κ1) is 32.6. The van der Waals surface area contributed by atoms with Crippen molar-refractivity contribution in [2.75, 3.05) is 0 Å². The number of pyridine rings is 2. The molecular formula is C44H30N4S2. The zero-order valence-corrected chi connectivity index (χ0v) is 28.7. The van der Waals surface area contributed by atoms with Crippen LogP contribution in [0.3, 0.4) is 0 Å². The molecule has 0 atom stereocenters. The van der Waals surface area contributed by atoms with Crippen LogP contribution in [0.4, 0.5) is 0 Å². The van der Waals surface area contributed by atoms with Crippen molar-refractivity contribution < 1.29 is 0 Å². The molecule has 0 amide bonds. The highest BCUT2D eigenvalue weighted by atomic mass is 32.2. The molecule has 0 saturated carbocycles. The second-order valence-corrected chi connectivity index (χ2v) is 13.5. The Morgan fingerprint density at radius 2 is 0.740 bits per heavy atom. The van der Waals surface area contributed by atoms with Gasteiger partial charge >= 0.3 is 0 Å². The van der Waals surface area contributed by atoms with Crippen molar-refractivity contribution in [2.45, 2.75) is 21.6 Å². The molecule has 50 heavy (non-hydrogen) atoms. The summed E-state index contributed by atoms with van der Waals surface area (Å²) in [6, 6.07) is 57.7. The van der Waals surface area contributed by atoms with E-state index in [0.29, 0.717) is 22.6 Å². The summed E-state index contributed by atoms with van der Waals surface area (Å²) in [7, 11) is 0. The van der Waals surface area contributed by atoms with Gasteiger partial charge in [0, 0.05) is 33.8 Å². The molecule has 7 rings (SSSR count). The largest absolute Gasteiger partial charge is 0.240 e. The summed E-state index contributed by atoms with van der Waals surface area (Å²) in [6.45, 7) is 0. The number of benzene rings is 5. The SMILES string of the molecule is N#Cc1c(-c2ccccc2)cc(-c2ccccc2)nc1SCc1ccc(CSc2nc(-c3ccccc3)cc(-c3ccccc3)c2C#N)cc1. The van der Waals surface area contributed by atoms with Gasteiger partial charge in [-0.3, -0.25) is 0 Å². The Balaban J connectivity index is 1.12. The first-order valence-corrected chi connectivity index (χ1v) is 18.1. The zero-order valence-electron chi connectivity index (χ0n) is 27.0. The topological polar surface area (TPSA) is 73.4 Å². The van der Waals surface area contributed by atoms with E-state index in [1.807, 2.05) is 133 Å². The summed E-state index contributed by atoms with van der Waals surface area (Å²) in [4.78, 5) is 9.95. The van der Waals surface area contributed by atoms with E-state index < -0.39 is 0 Å². The van der Waals surface area contributed by atoms with Crippen LogP contribution in [0, 0.1) is 22.7 Å². The molecular weight excluding hydrogens is 649 g/mol. The molecule has 0 unspecified atom stereocenters. The van der Waals surface area contributed by atoms with E-state index in [2.05, 4.69) is 36.4 Å². The van der Waals surface area contributed by atoms with Gasteiger partial charge in [-0.05, 0) is 34.4 Å². The smallest absolute Gasteiger partial charge is 0.115 e. The van der Waals surface area contributed by atoms with Crippen molar-refractivity contribution in [3.63, 3.8) is 0 Å². The van der Waals surface area contributed by atoms with Crippen molar-refractivity contribution in [3.05, 3.63) is 180 Å². The fourth-order valence-corrected chi connectivity index (χ4v) is 7.63. The molecule has 0 aliphatic carbocycles. The Kier molecular flexibility index (Phi) is 10.1. The van der Waals surface area contributed by atoms with Crippen LogP contribution in [-0.4, -0.2) is 9.97 Å². The highest BCUT2D eigenvalue weighted by molar-refractivity contribution is 7.98. The van der Waals surface area contributed by atoms with Gasteiger partial charge in [0.2, 0.25) is 0 Å². The normalized spacial score (nSPS) is 10.7. The minimum atomic E-state index is 0.585. The number of nitrogens with zero attached hydrogens (tertiary/aromatic N) is 4. The summed E-state index contributed by atoms with van der Waals surface area (Å²) >= 11 is 3.16. The molecule has 0 bridgehead atoms. The van der Waals surface area contributed by atoms with E-state index in [0.717, 1.165) is 65.9 Å². The summed E-state index contributed by atoms with van der Waals surface area (Å²) in [6.07, 6.45) is 0. The summed E-state index contributed by atoms with van der Waals surface area (Å²) in [5.74, 6) is 1.34. The average molecular weight is 679 g/mol.